The molecule has 96 valence electrons. The third kappa shape index (κ3) is 2.39. The number of halogens is 1. The van der Waals surface area contributed by atoms with E-state index in [1.54, 1.807) is 16.8 Å². The molecule has 6 heteroatoms. The smallest absolute Gasteiger partial charge is 0.203 e. The summed E-state index contributed by atoms with van der Waals surface area (Å²) < 4.78 is 7.90. The number of aryl methyl sites for hydroxylation is 2. The highest BCUT2D eigenvalue weighted by Crippen LogP contribution is 2.22. The van der Waals surface area contributed by atoms with Crippen molar-refractivity contribution in [3.05, 3.63) is 39.5 Å². The SMILES string of the molecule is Cc1nn(C)c(CC(=O)c2ccc(CN)o2)c1Br. The molecule has 0 bridgehead atoms. The maximum Gasteiger partial charge on any atom is 0.203 e. The lowest BCUT2D eigenvalue weighted by atomic mass is 10.2. The number of hydrogen-bond acceptors (Lipinski definition) is 4. The molecule has 2 aromatic rings. The summed E-state index contributed by atoms with van der Waals surface area (Å²) in [7, 11) is 1.81. The maximum absolute atomic E-state index is 12.1. The first-order valence-corrected chi connectivity index (χ1v) is 6.32. The Morgan fingerprint density at radius 1 is 1.56 bits per heavy atom. The highest BCUT2D eigenvalue weighted by atomic mass is 79.9. The number of ketones is 1. The fourth-order valence-electron chi connectivity index (χ4n) is 1.75. The summed E-state index contributed by atoms with van der Waals surface area (Å²) in [6.07, 6.45) is 0.245. The van der Waals surface area contributed by atoms with Crippen LogP contribution in [-0.2, 0) is 20.0 Å². The van der Waals surface area contributed by atoms with Gasteiger partial charge in [0.05, 0.1) is 28.8 Å². The zero-order valence-corrected chi connectivity index (χ0v) is 11.8. The minimum atomic E-state index is -0.0848. The van der Waals surface area contributed by atoms with Gasteiger partial charge in [0.1, 0.15) is 5.76 Å². The van der Waals surface area contributed by atoms with Crippen LogP contribution in [0.15, 0.2) is 21.0 Å². The Hall–Kier alpha value is -1.40. The molecule has 18 heavy (non-hydrogen) atoms. The Balaban J connectivity index is 2.21. The molecule has 0 radical (unpaired) electrons. The van der Waals surface area contributed by atoms with E-state index in [-0.39, 0.29) is 12.2 Å². The molecule has 0 spiro atoms. The minimum absolute atomic E-state index is 0.0848. The third-order valence-corrected chi connectivity index (χ3v) is 3.76. The first-order chi connectivity index (χ1) is 8.52. The normalized spacial score (nSPS) is 10.9. The van der Waals surface area contributed by atoms with Gasteiger partial charge in [-0.05, 0) is 35.0 Å². The van der Waals surface area contributed by atoms with E-state index in [2.05, 4.69) is 21.0 Å². The maximum atomic E-state index is 12.1. The fourth-order valence-corrected chi connectivity index (χ4v) is 2.22. The Morgan fingerprint density at radius 3 is 2.78 bits per heavy atom. The Kier molecular flexibility index (Phi) is 3.68. The van der Waals surface area contributed by atoms with E-state index in [4.69, 9.17) is 10.2 Å². The van der Waals surface area contributed by atoms with Crippen LogP contribution in [0.3, 0.4) is 0 Å². The van der Waals surface area contributed by atoms with Crippen molar-refractivity contribution in [3.8, 4) is 0 Å². The standard InChI is InChI=1S/C12H14BrN3O2/c1-7-12(13)9(16(2)15-7)5-10(17)11-4-3-8(6-14)18-11/h3-4H,5-6,14H2,1-2H3. The molecule has 0 aliphatic heterocycles. The van der Waals surface area contributed by atoms with Crippen LogP contribution in [0, 0.1) is 6.92 Å². The van der Waals surface area contributed by atoms with Crippen molar-refractivity contribution in [2.75, 3.05) is 0 Å². The largest absolute Gasteiger partial charge is 0.457 e. The lowest BCUT2D eigenvalue weighted by Gasteiger charge is -2.00. The predicted molar refractivity (Wildman–Crippen MR) is 70.3 cm³/mol. The average molecular weight is 312 g/mol. The van der Waals surface area contributed by atoms with Gasteiger partial charge in [-0.3, -0.25) is 9.48 Å². The van der Waals surface area contributed by atoms with Crippen molar-refractivity contribution in [2.45, 2.75) is 19.9 Å². The van der Waals surface area contributed by atoms with Gasteiger partial charge in [0.25, 0.3) is 0 Å². The molecule has 2 N–H and O–H groups in total. The zero-order chi connectivity index (χ0) is 13.3. The molecule has 5 nitrogen and oxygen atoms in total. The van der Waals surface area contributed by atoms with Crippen molar-refractivity contribution in [3.63, 3.8) is 0 Å². The number of nitrogens with zero attached hydrogens (tertiary/aromatic N) is 2. The molecule has 0 atom stereocenters. The molecule has 0 unspecified atom stereocenters. The van der Waals surface area contributed by atoms with Crippen LogP contribution in [0.1, 0.15) is 27.7 Å². The number of nitrogens with two attached hydrogens (primary N) is 1. The minimum Gasteiger partial charge on any atom is -0.457 e. The molecular formula is C12H14BrN3O2. The molecular weight excluding hydrogens is 298 g/mol. The number of furan rings is 1. The molecule has 2 heterocycles. The molecule has 0 aliphatic rings. The molecule has 0 saturated heterocycles. The van der Waals surface area contributed by atoms with Gasteiger partial charge in [0.2, 0.25) is 5.78 Å². The van der Waals surface area contributed by atoms with Crippen molar-refractivity contribution in [1.82, 2.24) is 9.78 Å². The van der Waals surface area contributed by atoms with E-state index in [1.165, 1.54) is 0 Å². The van der Waals surface area contributed by atoms with Gasteiger partial charge in [0, 0.05) is 7.05 Å². The monoisotopic (exact) mass is 311 g/mol. The lowest BCUT2D eigenvalue weighted by molar-refractivity contribution is 0.0962. The van der Waals surface area contributed by atoms with E-state index >= 15 is 0 Å². The van der Waals surface area contributed by atoms with Gasteiger partial charge in [-0.25, -0.2) is 0 Å². The molecule has 0 aromatic carbocycles. The van der Waals surface area contributed by atoms with Crippen LogP contribution >= 0.6 is 15.9 Å². The second-order valence-electron chi connectivity index (χ2n) is 4.04. The number of carbonyl (C=O) groups excluding carboxylic acids is 1. The van der Waals surface area contributed by atoms with Crippen molar-refractivity contribution in [2.24, 2.45) is 12.8 Å². The van der Waals surface area contributed by atoms with Gasteiger partial charge >= 0.3 is 0 Å². The summed E-state index contributed by atoms with van der Waals surface area (Å²) in [5.74, 6) is 0.859. The Morgan fingerprint density at radius 2 is 2.28 bits per heavy atom. The summed E-state index contributed by atoms with van der Waals surface area (Å²) >= 11 is 3.43. The van der Waals surface area contributed by atoms with Crippen LogP contribution in [0.4, 0.5) is 0 Å². The number of hydrogen-bond donors (Lipinski definition) is 1. The fraction of sp³-hybridized carbons (Fsp3) is 0.333. The Bertz CT molecular complexity index is 586. The van der Waals surface area contributed by atoms with Gasteiger partial charge in [-0.1, -0.05) is 0 Å². The number of Topliss-reactive ketones (excluding diaryl/α,β-unsaturated/α-hetero) is 1. The quantitative estimate of drug-likeness (QED) is 0.876. The van der Waals surface area contributed by atoms with Crippen LogP contribution < -0.4 is 5.73 Å². The number of carbonyl (C=O) groups is 1. The van der Waals surface area contributed by atoms with Crippen molar-refractivity contribution >= 4 is 21.7 Å². The summed E-state index contributed by atoms with van der Waals surface area (Å²) in [6.45, 7) is 2.18. The molecule has 0 saturated carbocycles. The lowest BCUT2D eigenvalue weighted by Crippen LogP contribution is -2.07. The number of aromatic nitrogens is 2. The zero-order valence-electron chi connectivity index (χ0n) is 10.2. The number of rotatable bonds is 4. The van der Waals surface area contributed by atoms with Gasteiger partial charge in [-0.15, -0.1) is 0 Å². The van der Waals surface area contributed by atoms with Gasteiger partial charge in [0.15, 0.2) is 5.76 Å². The van der Waals surface area contributed by atoms with E-state index in [0.29, 0.717) is 18.1 Å². The topological polar surface area (TPSA) is 74.0 Å². The predicted octanol–water partition coefficient (Wildman–Crippen LogP) is 1.97. The van der Waals surface area contributed by atoms with E-state index in [0.717, 1.165) is 15.9 Å². The van der Waals surface area contributed by atoms with Crippen LogP contribution in [0.5, 0.6) is 0 Å². The Labute approximate surface area is 113 Å². The summed E-state index contributed by atoms with van der Waals surface area (Å²) in [5.41, 5.74) is 7.14. The highest BCUT2D eigenvalue weighted by molar-refractivity contribution is 9.10. The average Bonchev–Trinajstić information content (AvgIpc) is 2.90. The summed E-state index contributed by atoms with van der Waals surface area (Å²) in [5, 5.41) is 4.25. The van der Waals surface area contributed by atoms with Crippen molar-refractivity contribution < 1.29 is 9.21 Å². The first-order valence-electron chi connectivity index (χ1n) is 5.53. The summed E-state index contributed by atoms with van der Waals surface area (Å²) in [4.78, 5) is 12.1. The molecule has 2 aromatic heterocycles. The van der Waals surface area contributed by atoms with Gasteiger partial charge in [-0.2, -0.15) is 5.10 Å². The van der Waals surface area contributed by atoms with Crippen molar-refractivity contribution in [1.29, 1.82) is 0 Å². The van der Waals surface area contributed by atoms with E-state index in [9.17, 15) is 4.79 Å². The van der Waals surface area contributed by atoms with E-state index in [1.807, 2.05) is 14.0 Å². The van der Waals surface area contributed by atoms with Crippen LogP contribution in [0.25, 0.3) is 0 Å². The molecule has 0 fully saturated rings. The molecule has 0 amide bonds. The molecule has 2 rings (SSSR count). The second-order valence-corrected chi connectivity index (χ2v) is 4.83. The summed E-state index contributed by atoms with van der Waals surface area (Å²) in [6, 6.07) is 3.37. The second kappa shape index (κ2) is 5.07. The van der Waals surface area contributed by atoms with Crippen LogP contribution in [-0.4, -0.2) is 15.6 Å². The van der Waals surface area contributed by atoms with Gasteiger partial charge < -0.3 is 10.2 Å². The van der Waals surface area contributed by atoms with Crippen LogP contribution in [0.2, 0.25) is 0 Å². The first kappa shape index (κ1) is 13.0. The van der Waals surface area contributed by atoms with E-state index < -0.39 is 0 Å². The third-order valence-electron chi connectivity index (χ3n) is 2.73. The molecule has 0 aliphatic carbocycles. The highest BCUT2D eigenvalue weighted by Gasteiger charge is 2.17.